The van der Waals surface area contributed by atoms with Crippen molar-refractivity contribution in [2.75, 3.05) is 0 Å². The van der Waals surface area contributed by atoms with Crippen LogP contribution in [0.25, 0.3) is 0 Å². The van der Waals surface area contributed by atoms with E-state index in [0.717, 1.165) is 24.3 Å². The summed E-state index contributed by atoms with van der Waals surface area (Å²) >= 11 is 0. The van der Waals surface area contributed by atoms with Gasteiger partial charge in [0.1, 0.15) is 22.8 Å². The molecule has 0 radical (unpaired) electrons. The highest BCUT2D eigenvalue weighted by atomic mass is 16.5. The fraction of sp³-hybridized carbons (Fsp3) is 0.0667. The Hall–Kier alpha value is -3.42. The van der Waals surface area contributed by atoms with E-state index in [1.165, 1.54) is 0 Å². The maximum Gasteiger partial charge on any atom is 0.248 e. The highest BCUT2D eigenvalue weighted by Gasteiger charge is 2.39. The SMILES string of the molecule is O=C1C(=O)C(c2cc(O)c(O)c(O)c2)Oc2cc(O)cc(O)c21. The molecule has 118 valence electrons. The number of benzene rings is 2. The Morgan fingerprint density at radius 1 is 0.826 bits per heavy atom. The van der Waals surface area contributed by atoms with Crippen molar-refractivity contribution >= 4 is 11.6 Å². The summed E-state index contributed by atoms with van der Waals surface area (Å²) in [5.41, 5.74) is -0.457. The van der Waals surface area contributed by atoms with E-state index in [1.807, 2.05) is 0 Å². The molecule has 2 aromatic rings. The van der Waals surface area contributed by atoms with Crippen LogP contribution >= 0.6 is 0 Å². The molecule has 1 aliphatic heterocycles. The normalized spacial score (nSPS) is 16.8. The summed E-state index contributed by atoms with van der Waals surface area (Å²) in [6, 6.07) is 3.86. The van der Waals surface area contributed by atoms with E-state index in [1.54, 1.807) is 0 Å². The lowest BCUT2D eigenvalue weighted by Crippen LogP contribution is -2.31. The topological polar surface area (TPSA) is 145 Å². The molecule has 8 nitrogen and oxygen atoms in total. The molecular weight excluding hydrogens is 308 g/mol. The van der Waals surface area contributed by atoms with Crippen LogP contribution in [0.3, 0.4) is 0 Å². The molecular formula is C15H10O8. The summed E-state index contributed by atoms with van der Waals surface area (Å²) in [6.07, 6.45) is -1.51. The Labute approximate surface area is 128 Å². The quantitative estimate of drug-likeness (QED) is 0.388. The molecule has 2 aromatic carbocycles. The second kappa shape index (κ2) is 4.80. The average Bonchev–Trinajstić information content (AvgIpc) is 2.47. The summed E-state index contributed by atoms with van der Waals surface area (Å²) in [5.74, 6) is -5.46. The first-order valence-electron chi connectivity index (χ1n) is 6.35. The molecule has 1 aliphatic rings. The van der Waals surface area contributed by atoms with Crippen molar-refractivity contribution in [3.8, 4) is 34.5 Å². The van der Waals surface area contributed by atoms with Crippen LogP contribution in [0.2, 0.25) is 0 Å². The summed E-state index contributed by atoms with van der Waals surface area (Å²) in [6.45, 7) is 0. The lowest BCUT2D eigenvalue weighted by Gasteiger charge is -2.25. The first kappa shape index (κ1) is 14.5. The molecule has 0 spiro atoms. The average molecular weight is 318 g/mol. The van der Waals surface area contributed by atoms with Gasteiger partial charge in [0.15, 0.2) is 23.4 Å². The molecule has 1 heterocycles. The Morgan fingerprint density at radius 2 is 1.43 bits per heavy atom. The van der Waals surface area contributed by atoms with Gasteiger partial charge in [-0.05, 0) is 12.1 Å². The zero-order chi connectivity index (χ0) is 16.9. The van der Waals surface area contributed by atoms with Crippen LogP contribution in [-0.4, -0.2) is 37.1 Å². The van der Waals surface area contributed by atoms with Gasteiger partial charge in [0.25, 0.3) is 0 Å². The van der Waals surface area contributed by atoms with Gasteiger partial charge in [-0.3, -0.25) is 9.59 Å². The summed E-state index contributed by atoms with van der Waals surface area (Å²) in [4.78, 5) is 24.3. The first-order valence-corrected chi connectivity index (χ1v) is 6.35. The smallest absolute Gasteiger partial charge is 0.248 e. The van der Waals surface area contributed by atoms with Crippen molar-refractivity contribution in [3.05, 3.63) is 35.4 Å². The number of phenols is 5. The molecule has 0 fully saturated rings. The Kier molecular flexibility index (Phi) is 3.03. The van der Waals surface area contributed by atoms with Crippen LogP contribution in [0.5, 0.6) is 34.5 Å². The number of hydrogen-bond donors (Lipinski definition) is 5. The summed E-state index contributed by atoms with van der Waals surface area (Å²) in [7, 11) is 0. The molecule has 0 aliphatic carbocycles. The third-order valence-electron chi connectivity index (χ3n) is 3.39. The van der Waals surface area contributed by atoms with Crippen molar-refractivity contribution < 1.29 is 39.9 Å². The van der Waals surface area contributed by atoms with Crippen molar-refractivity contribution in [1.82, 2.24) is 0 Å². The standard InChI is InChI=1S/C15H10O8/c16-6-3-7(17)11-10(4-6)23-15(14(22)13(11)21)5-1-8(18)12(20)9(19)2-5/h1-4,15-20H. The van der Waals surface area contributed by atoms with Crippen LogP contribution in [0.15, 0.2) is 24.3 Å². The van der Waals surface area contributed by atoms with Crippen LogP contribution < -0.4 is 4.74 Å². The number of rotatable bonds is 1. The Bertz CT molecular complexity index is 832. The van der Waals surface area contributed by atoms with Gasteiger partial charge in [-0.15, -0.1) is 0 Å². The zero-order valence-corrected chi connectivity index (χ0v) is 11.3. The maximum atomic E-state index is 12.2. The van der Waals surface area contributed by atoms with Crippen LogP contribution in [0, 0.1) is 0 Å². The largest absolute Gasteiger partial charge is 0.508 e. The van der Waals surface area contributed by atoms with E-state index in [0.29, 0.717) is 0 Å². The van der Waals surface area contributed by atoms with Crippen molar-refractivity contribution in [2.24, 2.45) is 0 Å². The van der Waals surface area contributed by atoms with Gasteiger partial charge in [-0.1, -0.05) is 0 Å². The number of fused-ring (bicyclic) bond motifs is 1. The molecule has 0 aromatic heterocycles. The van der Waals surface area contributed by atoms with E-state index in [2.05, 4.69) is 0 Å². The van der Waals surface area contributed by atoms with Crippen molar-refractivity contribution in [2.45, 2.75) is 6.10 Å². The molecule has 1 unspecified atom stereocenters. The van der Waals surface area contributed by atoms with Gasteiger partial charge in [-0.2, -0.15) is 0 Å². The van der Waals surface area contributed by atoms with Gasteiger partial charge in [0.2, 0.25) is 11.6 Å². The molecule has 8 heteroatoms. The third kappa shape index (κ3) is 2.16. The molecule has 0 bridgehead atoms. The lowest BCUT2D eigenvalue weighted by molar-refractivity contribution is -0.122. The van der Waals surface area contributed by atoms with Crippen LogP contribution in [-0.2, 0) is 4.79 Å². The minimum atomic E-state index is -1.51. The lowest BCUT2D eigenvalue weighted by atomic mass is 9.94. The minimum Gasteiger partial charge on any atom is -0.508 e. The molecule has 0 amide bonds. The molecule has 5 N–H and O–H groups in total. The van der Waals surface area contributed by atoms with Gasteiger partial charge in [-0.25, -0.2) is 0 Å². The Morgan fingerprint density at radius 3 is 2.04 bits per heavy atom. The van der Waals surface area contributed by atoms with Gasteiger partial charge in [0.05, 0.1) is 0 Å². The summed E-state index contributed by atoms with van der Waals surface area (Å²) in [5, 5.41) is 47.5. The minimum absolute atomic E-state index is 0.0790. The van der Waals surface area contributed by atoms with Crippen molar-refractivity contribution in [1.29, 1.82) is 0 Å². The molecule has 3 rings (SSSR count). The number of ether oxygens (including phenoxy) is 1. The maximum absolute atomic E-state index is 12.2. The second-order valence-corrected chi connectivity index (χ2v) is 4.94. The fourth-order valence-electron chi connectivity index (χ4n) is 2.33. The number of Topliss-reactive ketones (excluding diaryl/α,β-unsaturated/α-hetero) is 2. The third-order valence-corrected chi connectivity index (χ3v) is 3.39. The monoisotopic (exact) mass is 318 g/mol. The number of carbonyl (C=O) groups is 2. The number of carbonyl (C=O) groups excluding carboxylic acids is 2. The molecule has 0 saturated heterocycles. The molecule has 1 atom stereocenters. The van der Waals surface area contributed by atoms with Gasteiger partial charge >= 0.3 is 0 Å². The molecule has 0 saturated carbocycles. The van der Waals surface area contributed by atoms with E-state index in [4.69, 9.17) is 4.74 Å². The number of ketones is 2. The summed E-state index contributed by atoms with van der Waals surface area (Å²) < 4.78 is 5.32. The molecule has 23 heavy (non-hydrogen) atoms. The predicted octanol–water partition coefficient (Wildman–Crippen LogP) is 1.10. The van der Waals surface area contributed by atoms with Gasteiger partial charge < -0.3 is 30.3 Å². The highest BCUT2D eigenvalue weighted by molar-refractivity contribution is 6.47. The number of phenolic OH excluding ortho intramolecular Hbond substituents is 5. The fourth-order valence-corrected chi connectivity index (χ4v) is 2.33. The predicted molar refractivity (Wildman–Crippen MR) is 73.9 cm³/mol. The van der Waals surface area contributed by atoms with E-state index >= 15 is 0 Å². The number of aromatic hydroxyl groups is 5. The Balaban J connectivity index is 2.13. The van der Waals surface area contributed by atoms with E-state index in [9.17, 15) is 35.1 Å². The van der Waals surface area contributed by atoms with Gasteiger partial charge in [0, 0.05) is 17.7 Å². The van der Waals surface area contributed by atoms with Crippen molar-refractivity contribution in [3.63, 3.8) is 0 Å². The van der Waals surface area contributed by atoms with Crippen LogP contribution in [0.1, 0.15) is 22.0 Å². The van der Waals surface area contributed by atoms with Crippen LogP contribution in [0.4, 0.5) is 0 Å². The second-order valence-electron chi connectivity index (χ2n) is 4.94. The number of hydrogen-bond acceptors (Lipinski definition) is 8. The highest BCUT2D eigenvalue weighted by Crippen LogP contribution is 2.43. The van der Waals surface area contributed by atoms with E-state index < -0.39 is 40.7 Å². The first-order chi connectivity index (χ1) is 10.8. The zero-order valence-electron chi connectivity index (χ0n) is 11.3. The van der Waals surface area contributed by atoms with E-state index in [-0.39, 0.29) is 22.6 Å².